The summed E-state index contributed by atoms with van der Waals surface area (Å²) in [7, 11) is -4.12. The molecular formula is C12H8Cl3FN2O2S. The molecule has 2 rings (SSSR count). The van der Waals surface area contributed by atoms with E-state index in [2.05, 4.69) is 4.72 Å². The van der Waals surface area contributed by atoms with Crippen LogP contribution in [0.5, 0.6) is 0 Å². The molecular weight excluding hydrogens is 362 g/mol. The lowest BCUT2D eigenvalue weighted by molar-refractivity contribution is 0.597. The van der Waals surface area contributed by atoms with E-state index in [0.29, 0.717) is 0 Å². The Bertz CT molecular complexity index is 812. The number of nitrogens with two attached hydrogens (primary N) is 1. The van der Waals surface area contributed by atoms with Crippen molar-refractivity contribution in [2.75, 3.05) is 10.5 Å². The fraction of sp³-hybridized carbons (Fsp3) is 0. The first-order valence-electron chi connectivity index (χ1n) is 5.43. The van der Waals surface area contributed by atoms with Gasteiger partial charge in [-0.15, -0.1) is 0 Å². The highest BCUT2D eigenvalue weighted by Crippen LogP contribution is 2.34. The van der Waals surface area contributed by atoms with Gasteiger partial charge in [-0.25, -0.2) is 12.8 Å². The van der Waals surface area contributed by atoms with E-state index < -0.39 is 26.4 Å². The van der Waals surface area contributed by atoms with Gasteiger partial charge in [0.1, 0.15) is 10.7 Å². The quantitative estimate of drug-likeness (QED) is 0.630. The molecule has 0 spiro atoms. The van der Waals surface area contributed by atoms with E-state index >= 15 is 0 Å². The van der Waals surface area contributed by atoms with E-state index in [-0.39, 0.29) is 20.8 Å². The van der Waals surface area contributed by atoms with Gasteiger partial charge in [-0.2, -0.15) is 0 Å². The second-order valence-corrected chi connectivity index (χ2v) is 6.88. The van der Waals surface area contributed by atoms with E-state index in [9.17, 15) is 12.8 Å². The summed E-state index contributed by atoms with van der Waals surface area (Å²) in [6, 6.07) is 6.00. The van der Waals surface area contributed by atoms with Crippen LogP contribution in [0.15, 0.2) is 35.2 Å². The summed E-state index contributed by atoms with van der Waals surface area (Å²) in [5.41, 5.74) is 4.96. The number of anilines is 2. The number of benzene rings is 2. The zero-order valence-electron chi connectivity index (χ0n) is 10.2. The molecule has 9 heteroatoms. The van der Waals surface area contributed by atoms with E-state index in [0.717, 1.165) is 6.07 Å². The number of sulfonamides is 1. The third kappa shape index (κ3) is 3.35. The van der Waals surface area contributed by atoms with Crippen molar-refractivity contribution < 1.29 is 12.8 Å². The number of rotatable bonds is 3. The molecule has 2 aromatic rings. The van der Waals surface area contributed by atoms with E-state index in [4.69, 9.17) is 40.5 Å². The van der Waals surface area contributed by atoms with Crippen LogP contribution in [0.4, 0.5) is 15.8 Å². The molecule has 0 aliphatic carbocycles. The molecule has 0 fully saturated rings. The molecule has 0 amide bonds. The monoisotopic (exact) mass is 368 g/mol. The van der Waals surface area contributed by atoms with E-state index in [1.165, 1.54) is 24.3 Å². The molecule has 4 nitrogen and oxygen atoms in total. The minimum Gasteiger partial charge on any atom is -0.395 e. The zero-order valence-corrected chi connectivity index (χ0v) is 13.3. The van der Waals surface area contributed by atoms with Gasteiger partial charge in [0.2, 0.25) is 0 Å². The maximum absolute atomic E-state index is 13.4. The van der Waals surface area contributed by atoms with Gasteiger partial charge in [0, 0.05) is 0 Å². The van der Waals surface area contributed by atoms with Gasteiger partial charge in [-0.1, -0.05) is 40.9 Å². The second-order valence-electron chi connectivity index (χ2n) is 4.00. The van der Waals surface area contributed by atoms with Crippen molar-refractivity contribution in [1.29, 1.82) is 0 Å². The Kier molecular flexibility index (Phi) is 4.53. The lowest BCUT2D eigenvalue weighted by Crippen LogP contribution is -2.15. The molecule has 0 saturated heterocycles. The number of hydrogen-bond acceptors (Lipinski definition) is 3. The lowest BCUT2D eigenvalue weighted by atomic mass is 10.3. The molecule has 0 saturated carbocycles. The average molecular weight is 370 g/mol. The topological polar surface area (TPSA) is 72.2 Å². The average Bonchev–Trinajstić information content (AvgIpc) is 2.38. The van der Waals surface area contributed by atoms with Crippen LogP contribution in [0, 0.1) is 5.82 Å². The summed E-state index contributed by atoms with van der Waals surface area (Å²) in [4.78, 5) is -0.398. The lowest BCUT2D eigenvalue weighted by Gasteiger charge is -2.12. The Morgan fingerprint density at radius 1 is 1.05 bits per heavy atom. The number of para-hydroxylation sites is 1. The smallest absolute Gasteiger partial charge is 0.264 e. The van der Waals surface area contributed by atoms with Crippen molar-refractivity contribution in [1.82, 2.24) is 0 Å². The molecule has 0 radical (unpaired) electrons. The Labute approximate surface area is 135 Å². The highest BCUT2D eigenvalue weighted by atomic mass is 35.5. The van der Waals surface area contributed by atoms with Crippen molar-refractivity contribution >= 4 is 56.2 Å². The maximum atomic E-state index is 13.4. The molecule has 0 atom stereocenters. The minimum atomic E-state index is -4.12. The van der Waals surface area contributed by atoms with Gasteiger partial charge in [0.15, 0.2) is 0 Å². The largest absolute Gasteiger partial charge is 0.395 e. The summed E-state index contributed by atoms with van der Waals surface area (Å²) in [5, 5.41) is 0.337. The van der Waals surface area contributed by atoms with E-state index in [1.807, 2.05) is 0 Å². The normalized spacial score (nSPS) is 11.4. The van der Waals surface area contributed by atoms with Crippen molar-refractivity contribution in [3.8, 4) is 0 Å². The number of nitrogen functional groups attached to an aromatic ring is 1. The highest BCUT2D eigenvalue weighted by Gasteiger charge is 2.21. The SMILES string of the molecule is Nc1c(F)cccc1S(=O)(=O)Nc1cc(Cl)c(Cl)cc1Cl. The van der Waals surface area contributed by atoms with Crippen molar-refractivity contribution in [2.45, 2.75) is 4.90 Å². The summed E-state index contributed by atoms with van der Waals surface area (Å²) < 4.78 is 40.0. The third-order valence-electron chi connectivity index (χ3n) is 2.56. The van der Waals surface area contributed by atoms with Gasteiger partial charge in [0.25, 0.3) is 10.0 Å². The number of nitrogens with one attached hydrogen (secondary N) is 1. The predicted molar refractivity (Wildman–Crippen MR) is 83.1 cm³/mol. The van der Waals surface area contributed by atoms with Crippen LogP contribution in [0.3, 0.4) is 0 Å². The molecule has 0 heterocycles. The first kappa shape index (κ1) is 16.2. The van der Waals surface area contributed by atoms with Crippen LogP contribution in [0.1, 0.15) is 0 Å². The fourth-order valence-corrected chi connectivity index (χ4v) is 3.42. The maximum Gasteiger partial charge on any atom is 0.264 e. The molecule has 21 heavy (non-hydrogen) atoms. The fourth-order valence-electron chi connectivity index (χ4n) is 1.55. The van der Waals surface area contributed by atoms with Crippen LogP contribution in [0.2, 0.25) is 15.1 Å². The number of hydrogen-bond donors (Lipinski definition) is 2. The highest BCUT2D eigenvalue weighted by molar-refractivity contribution is 7.92. The first-order chi connectivity index (χ1) is 9.72. The Hall–Kier alpha value is -1.21. The summed E-state index contributed by atoms with van der Waals surface area (Å²) in [5.74, 6) is -0.835. The van der Waals surface area contributed by atoms with Gasteiger partial charge in [0.05, 0.1) is 26.4 Å². The molecule has 0 aliphatic heterocycles. The molecule has 0 bridgehead atoms. The molecule has 0 aromatic heterocycles. The van der Waals surface area contributed by atoms with Crippen LogP contribution in [-0.2, 0) is 10.0 Å². The Morgan fingerprint density at radius 2 is 1.67 bits per heavy atom. The Morgan fingerprint density at radius 3 is 2.33 bits per heavy atom. The van der Waals surface area contributed by atoms with Gasteiger partial charge >= 0.3 is 0 Å². The number of halogens is 4. The van der Waals surface area contributed by atoms with E-state index in [1.54, 1.807) is 0 Å². The summed E-state index contributed by atoms with van der Waals surface area (Å²) in [6.07, 6.45) is 0. The third-order valence-corrected chi connectivity index (χ3v) is 5.02. The minimum absolute atomic E-state index is 0.00901. The van der Waals surface area contributed by atoms with Crippen LogP contribution >= 0.6 is 34.8 Å². The zero-order chi connectivity index (χ0) is 15.8. The van der Waals surface area contributed by atoms with Crippen molar-refractivity contribution in [2.24, 2.45) is 0 Å². The van der Waals surface area contributed by atoms with Crippen molar-refractivity contribution in [3.05, 3.63) is 51.2 Å². The van der Waals surface area contributed by atoms with Gasteiger partial charge in [-0.3, -0.25) is 4.72 Å². The summed E-state index contributed by atoms with van der Waals surface area (Å²) in [6.45, 7) is 0. The molecule has 112 valence electrons. The second kappa shape index (κ2) is 5.88. The molecule has 0 unspecified atom stereocenters. The standard InChI is InChI=1S/C12H8Cl3FN2O2S/c13-6-4-8(15)10(5-7(6)14)18-21(19,20)11-3-1-2-9(16)12(11)17/h1-5,18H,17H2. The summed E-state index contributed by atoms with van der Waals surface area (Å²) >= 11 is 17.5. The first-order valence-corrected chi connectivity index (χ1v) is 8.05. The van der Waals surface area contributed by atoms with Gasteiger partial charge < -0.3 is 5.73 Å². The predicted octanol–water partition coefficient (Wildman–Crippen LogP) is 4.17. The van der Waals surface area contributed by atoms with Crippen LogP contribution in [-0.4, -0.2) is 8.42 Å². The van der Waals surface area contributed by atoms with Gasteiger partial charge in [-0.05, 0) is 24.3 Å². The Balaban J connectivity index is 2.47. The molecule has 2 aromatic carbocycles. The molecule has 0 aliphatic rings. The van der Waals surface area contributed by atoms with Crippen LogP contribution in [0.25, 0.3) is 0 Å². The van der Waals surface area contributed by atoms with Crippen LogP contribution < -0.4 is 10.5 Å². The molecule has 3 N–H and O–H groups in total. The van der Waals surface area contributed by atoms with Crippen molar-refractivity contribution in [3.63, 3.8) is 0 Å².